The highest BCUT2D eigenvalue weighted by Crippen LogP contribution is 2.27. The van der Waals surface area contributed by atoms with Crippen LogP contribution in [0.2, 0.25) is 0 Å². The SMILES string of the molecule is COc1ccc(C(C(C)N)n2ccnc2C(C)C)cc1. The fraction of sp³-hybridized carbons (Fsp3) is 0.438. The Morgan fingerprint density at radius 2 is 1.80 bits per heavy atom. The predicted octanol–water partition coefficient (Wildman–Crippen LogP) is 2.95. The maximum atomic E-state index is 6.22. The topological polar surface area (TPSA) is 53.1 Å². The van der Waals surface area contributed by atoms with Gasteiger partial charge in [0.2, 0.25) is 0 Å². The number of nitrogens with zero attached hydrogens (tertiary/aromatic N) is 2. The van der Waals surface area contributed by atoms with E-state index in [4.69, 9.17) is 10.5 Å². The summed E-state index contributed by atoms with van der Waals surface area (Å²) < 4.78 is 7.39. The van der Waals surface area contributed by atoms with Gasteiger partial charge in [-0.1, -0.05) is 26.0 Å². The third-order valence-electron chi connectivity index (χ3n) is 3.47. The highest BCUT2D eigenvalue weighted by molar-refractivity contribution is 5.30. The molecule has 2 aromatic rings. The summed E-state index contributed by atoms with van der Waals surface area (Å²) in [7, 11) is 1.67. The lowest BCUT2D eigenvalue weighted by Gasteiger charge is -2.26. The zero-order valence-electron chi connectivity index (χ0n) is 12.6. The van der Waals surface area contributed by atoms with Gasteiger partial charge in [0.1, 0.15) is 11.6 Å². The van der Waals surface area contributed by atoms with Crippen LogP contribution >= 0.6 is 0 Å². The Balaban J connectivity index is 2.42. The normalized spacial score (nSPS) is 14.3. The van der Waals surface area contributed by atoms with Gasteiger partial charge in [0.25, 0.3) is 0 Å². The predicted molar refractivity (Wildman–Crippen MR) is 81.1 cm³/mol. The monoisotopic (exact) mass is 273 g/mol. The highest BCUT2D eigenvalue weighted by atomic mass is 16.5. The molecule has 2 N–H and O–H groups in total. The summed E-state index contributed by atoms with van der Waals surface area (Å²) >= 11 is 0. The summed E-state index contributed by atoms with van der Waals surface area (Å²) in [4.78, 5) is 4.46. The number of aromatic nitrogens is 2. The van der Waals surface area contributed by atoms with Crippen molar-refractivity contribution in [2.75, 3.05) is 7.11 Å². The first kappa shape index (κ1) is 14.6. The number of hydrogen-bond donors (Lipinski definition) is 1. The minimum Gasteiger partial charge on any atom is -0.497 e. The zero-order chi connectivity index (χ0) is 14.7. The Morgan fingerprint density at radius 3 is 2.30 bits per heavy atom. The van der Waals surface area contributed by atoms with Gasteiger partial charge >= 0.3 is 0 Å². The van der Waals surface area contributed by atoms with Crippen LogP contribution < -0.4 is 10.5 Å². The fourth-order valence-corrected chi connectivity index (χ4v) is 2.53. The number of methoxy groups -OCH3 is 1. The number of imidazole rings is 1. The van der Waals surface area contributed by atoms with Gasteiger partial charge in [-0.25, -0.2) is 4.98 Å². The smallest absolute Gasteiger partial charge is 0.118 e. The second kappa shape index (κ2) is 6.09. The van der Waals surface area contributed by atoms with Crippen molar-refractivity contribution in [2.24, 2.45) is 5.73 Å². The summed E-state index contributed by atoms with van der Waals surface area (Å²) in [5, 5.41) is 0. The van der Waals surface area contributed by atoms with Gasteiger partial charge in [-0.15, -0.1) is 0 Å². The van der Waals surface area contributed by atoms with Crippen LogP contribution in [-0.2, 0) is 0 Å². The van der Waals surface area contributed by atoms with Gasteiger partial charge in [-0.05, 0) is 24.6 Å². The van der Waals surface area contributed by atoms with Crippen LogP contribution in [0.3, 0.4) is 0 Å². The molecule has 1 aromatic carbocycles. The number of rotatable bonds is 5. The summed E-state index contributed by atoms with van der Waals surface area (Å²) in [6, 6.07) is 8.15. The van der Waals surface area contributed by atoms with E-state index in [0.717, 1.165) is 11.6 Å². The lowest BCUT2D eigenvalue weighted by atomic mass is 10.00. The standard InChI is InChI=1S/C16H23N3O/c1-11(2)16-18-9-10-19(16)15(12(3)17)13-5-7-14(20-4)8-6-13/h5-12,15H,17H2,1-4H3. The molecular formula is C16H23N3O. The Morgan fingerprint density at radius 1 is 1.15 bits per heavy atom. The number of ether oxygens (including phenoxy) is 1. The van der Waals surface area contributed by atoms with E-state index in [0.29, 0.717) is 5.92 Å². The quantitative estimate of drug-likeness (QED) is 0.911. The largest absolute Gasteiger partial charge is 0.497 e. The van der Waals surface area contributed by atoms with E-state index in [1.165, 1.54) is 5.56 Å². The van der Waals surface area contributed by atoms with E-state index in [-0.39, 0.29) is 12.1 Å². The highest BCUT2D eigenvalue weighted by Gasteiger charge is 2.21. The molecule has 20 heavy (non-hydrogen) atoms. The van der Waals surface area contributed by atoms with Crippen LogP contribution in [0.4, 0.5) is 0 Å². The van der Waals surface area contributed by atoms with Crippen molar-refractivity contribution in [3.63, 3.8) is 0 Å². The van der Waals surface area contributed by atoms with E-state index < -0.39 is 0 Å². The van der Waals surface area contributed by atoms with Gasteiger partial charge in [-0.2, -0.15) is 0 Å². The van der Waals surface area contributed by atoms with Gasteiger partial charge in [0, 0.05) is 24.4 Å². The molecule has 0 amide bonds. The van der Waals surface area contributed by atoms with Crippen molar-refractivity contribution in [1.82, 2.24) is 9.55 Å². The maximum absolute atomic E-state index is 6.22. The van der Waals surface area contributed by atoms with Crippen LogP contribution in [0.15, 0.2) is 36.7 Å². The fourth-order valence-electron chi connectivity index (χ4n) is 2.53. The minimum absolute atomic E-state index is 0.00454. The first-order valence-corrected chi connectivity index (χ1v) is 6.96. The van der Waals surface area contributed by atoms with Gasteiger partial charge in [0.05, 0.1) is 13.2 Å². The minimum atomic E-state index is -0.00454. The van der Waals surface area contributed by atoms with Crippen LogP contribution in [0.5, 0.6) is 5.75 Å². The molecule has 0 radical (unpaired) electrons. The molecule has 0 spiro atoms. The molecular weight excluding hydrogens is 250 g/mol. The molecule has 0 bridgehead atoms. The second-order valence-corrected chi connectivity index (χ2v) is 5.42. The molecule has 0 saturated carbocycles. The molecule has 0 aliphatic rings. The summed E-state index contributed by atoms with van der Waals surface area (Å²) in [6.07, 6.45) is 3.85. The summed E-state index contributed by atoms with van der Waals surface area (Å²) in [6.45, 7) is 6.31. The van der Waals surface area contributed by atoms with E-state index >= 15 is 0 Å². The number of benzene rings is 1. The van der Waals surface area contributed by atoms with E-state index in [1.807, 2.05) is 31.5 Å². The van der Waals surface area contributed by atoms with Gasteiger partial charge in [-0.3, -0.25) is 0 Å². The first-order chi connectivity index (χ1) is 9.54. The van der Waals surface area contributed by atoms with Gasteiger partial charge in [0.15, 0.2) is 0 Å². The third kappa shape index (κ3) is 2.85. The molecule has 0 aliphatic heterocycles. The number of nitrogens with two attached hydrogens (primary N) is 1. The molecule has 4 nitrogen and oxygen atoms in total. The third-order valence-corrected chi connectivity index (χ3v) is 3.47. The Bertz CT molecular complexity index is 543. The molecule has 2 unspecified atom stereocenters. The molecule has 2 atom stereocenters. The van der Waals surface area contributed by atoms with Crippen molar-refractivity contribution < 1.29 is 4.74 Å². The average molecular weight is 273 g/mol. The van der Waals surface area contributed by atoms with Crippen LogP contribution in [0, 0.1) is 0 Å². The molecule has 0 saturated heterocycles. The Kier molecular flexibility index (Phi) is 4.45. The van der Waals surface area contributed by atoms with E-state index in [2.05, 4.69) is 35.5 Å². The van der Waals surface area contributed by atoms with Gasteiger partial charge < -0.3 is 15.0 Å². The van der Waals surface area contributed by atoms with Crippen molar-refractivity contribution in [1.29, 1.82) is 0 Å². The van der Waals surface area contributed by atoms with Crippen molar-refractivity contribution in [3.8, 4) is 5.75 Å². The molecule has 0 aliphatic carbocycles. The Hall–Kier alpha value is -1.81. The molecule has 1 heterocycles. The second-order valence-electron chi connectivity index (χ2n) is 5.42. The van der Waals surface area contributed by atoms with E-state index in [1.54, 1.807) is 7.11 Å². The number of hydrogen-bond acceptors (Lipinski definition) is 3. The average Bonchev–Trinajstić information content (AvgIpc) is 2.88. The van der Waals surface area contributed by atoms with Crippen molar-refractivity contribution >= 4 is 0 Å². The summed E-state index contributed by atoms with van der Waals surface area (Å²) in [5.41, 5.74) is 7.39. The first-order valence-electron chi connectivity index (χ1n) is 6.96. The Labute approximate surface area is 120 Å². The summed E-state index contributed by atoms with van der Waals surface area (Å²) in [5.74, 6) is 2.28. The molecule has 108 valence electrons. The molecule has 4 heteroatoms. The lowest BCUT2D eigenvalue weighted by molar-refractivity contribution is 0.413. The zero-order valence-corrected chi connectivity index (χ0v) is 12.6. The maximum Gasteiger partial charge on any atom is 0.118 e. The van der Waals surface area contributed by atoms with E-state index in [9.17, 15) is 0 Å². The van der Waals surface area contributed by atoms with Crippen molar-refractivity contribution in [2.45, 2.75) is 38.8 Å². The van der Waals surface area contributed by atoms with Crippen LogP contribution in [0.1, 0.15) is 44.1 Å². The molecule has 1 aromatic heterocycles. The van der Waals surface area contributed by atoms with Crippen molar-refractivity contribution in [3.05, 3.63) is 48.0 Å². The molecule has 2 rings (SSSR count). The van der Waals surface area contributed by atoms with Crippen LogP contribution in [-0.4, -0.2) is 22.7 Å². The van der Waals surface area contributed by atoms with Crippen LogP contribution in [0.25, 0.3) is 0 Å². The molecule has 0 fully saturated rings. The lowest BCUT2D eigenvalue weighted by Crippen LogP contribution is -2.31.